The molecular formula is C20H26N2O4S. The molecule has 3 rings (SSSR count). The van der Waals surface area contributed by atoms with Crippen LogP contribution in [0.1, 0.15) is 19.4 Å². The number of nitrogens with one attached hydrogen (secondary N) is 1. The monoisotopic (exact) mass is 390 g/mol. The smallest absolute Gasteiger partial charge is 0.240 e. The summed E-state index contributed by atoms with van der Waals surface area (Å²) in [5, 5.41) is 0. The number of sulfonamides is 1. The Balaban J connectivity index is 1.59. The van der Waals surface area contributed by atoms with Crippen LogP contribution in [0, 0.1) is 0 Å². The van der Waals surface area contributed by atoms with Crippen molar-refractivity contribution in [2.45, 2.75) is 31.4 Å². The van der Waals surface area contributed by atoms with E-state index in [-0.39, 0.29) is 17.5 Å². The van der Waals surface area contributed by atoms with Crippen molar-refractivity contribution >= 4 is 15.7 Å². The first kappa shape index (κ1) is 19.7. The lowest BCUT2D eigenvalue weighted by Gasteiger charge is -2.28. The van der Waals surface area contributed by atoms with Crippen LogP contribution < -0.4 is 14.4 Å². The van der Waals surface area contributed by atoms with Crippen molar-refractivity contribution in [3.05, 3.63) is 54.1 Å². The molecule has 1 heterocycles. The number of rotatable bonds is 7. The first-order valence-corrected chi connectivity index (χ1v) is 10.6. The summed E-state index contributed by atoms with van der Waals surface area (Å²) in [6.07, 6.45) is 0.0472. The molecule has 0 saturated carbocycles. The van der Waals surface area contributed by atoms with E-state index in [0.29, 0.717) is 5.75 Å². The average molecular weight is 391 g/mol. The van der Waals surface area contributed by atoms with Gasteiger partial charge in [0.25, 0.3) is 0 Å². The van der Waals surface area contributed by atoms with Crippen molar-refractivity contribution in [1.82, 2.24) is 4.72 Å². The molecule has 0 unspecified atom stereocenters. The van der Waals surface area contributed by atoms with Gasteiger partial charge in [-0.3, -0.25) is 0 Å². The Hall–Kier alpha value is -2.09. The number of morpholine rings is 1. The standard InChI is InChI=1S/C20H26N2O4S/c1-16(2)26-19-7-9-20(10-8-19)27(23,24)21-15-17-3-5-18(6-4-17)22-11-13-25-14-12-22/h3-10,16,21H,11-15H2,1-2H3. The van der Waals surface area contributed by atoms with Crippen molar-refractivity contribution in [3.63, 3.8) is 0 Å². The molecule has 0 amide bonds. The van der Waals surface area contributed by atoms with E-state index in [0.717, 1.165) is 37.6 Å². The minimum Gasteiger partial charge on any atom is -0.491 e. The van der Waals surface area contributed by atoms with E-state index < -0.39 is 10.0 Å². The molecule has 0 bridgehead atoms. The molecule has 1 saturated heterocycles. The first-order chi connectivity index (χ1) is 12.9. The number of benzene rings is 2. The summed E-state index contributed by atoms with van der Waals surface area (Å²) >= 11 is 0. The molecule has 0 radical (unpaired) electrons. The van der Waals surface area contributed by atoms with Gasteiger partial charge in [0.15, 0.2) is 0 Å². The summed E-state index contributed by atoms with van der Waals surface area (Å²) in [6, 6.07) is 14.4. The highest BCUT2D eigenvalue weighted by Crippen LogP contribution is 2.19. The van der Waals surface area contributed by atoms with Gasteiger partial charge in [0, 0.05) is 25.3 Å². The van der Waals surface area contributed by atoms with Crippen LogP contribution in [-0.4, -0.2) is 40.8 Å². The molecule has 1 fully saturated rings. The maximum Gasteiger partial charge on any atom is 0.240 e. The summed E-state index contributed by atoms with van der Waals surface area (Å²) in [6.45, 7) is 7.33. The van der Waals surface area contributed by atoms with Crippen LogP contribution in [0.4, 0.5) is 5.69 Å². The molecule has 6 nitrogen and oxygen atoms in total. The Morgan fingerprint density at radius 3 is 2.26 bits per heavy atom. The molecule has 2 aromatic rings. The lowest BCUT2D eigenvalue weighted by atomic mass is 10.2. The maximum atomic E-state index is 12.5. The Bertz CT molecular complexity index is 827. The molecule has 146 valence electrons. The van der Waals surface area contributed by atoms with Crippen LogP contribution in [-0.2, 0) is 21.3 Å². The number of hydrogen-bond donors (Lipinski definition) is 1. The molecule has 2 aromatic carbocycles. The van der Waals surface area contributed by atoms with Crippen LogP contribution in [0.2, 0.25) is 0 Å². The van der Waals surface area contributed by atoms with Crippen LogP contribution in [0.3, 0.4) is 0 Å². The van der Waals surface area contributed by atoms with Crippen molar-refractivity contribution in [2.24, 2.45) is 0 Å². The predicted octanol–water partition coefficient (Wildman–Crippen LogP) is 2.79. The molecule has 7 heteroatoms. The third kappa shape index (κ3) is 5.45. The Labute approximate surface area is 161 Å². The van der Waals surface area contributed by atoms with E-state index in [1.54, 1.807) is 24.3 Å². The van der Waals surface area contributed by atoms with E-state index >= 15 is 0 Å². The fourth-order valence-electron chi connectivity index (χ4n) is 2.88. The van der Waals surface area contributed by atoms with Gasteiger partial charge in [-0.15, -0.1) is 0 Å². The lowest BCUT2D eigenvalue weighted by Crippen LogP contribution is -2.36. The zero-order chi connectivity index (χ0) is 19.3. The molecule has 1 aliphatic rings. The molecule has 1 aliphatic heterocycles. The van der Waals surface area contributed by atoms with Crippen molar-refractivity contribution < 1.29 is 17.9 Å². The second kappa shape index (κ2) is 8.73. The Morgan fingerprint density at radius 2 is 1.67 bits per heavy atom. The fraction of sp³-hybridized carbons (Fsp3) is 0.400. The highest BCUT2D eigenvalue weighted by molar-refractivity contribution is 7.89. The number of nitrogens with zero attached hydrogens (tertiary/aromatic N) is 1. The van der Waals surface area contributed by atoms with Crippen LogP contribution in [0.25, 0.3) is 0 Å². The SMILES string of the molecule is CC(C)Oc1ccc(S(=O)(=O)NCc2ccc(N3CCOCC3)cc2)cc1. The van der Waals surface area contributed by atoms with Gasteiger partial charge >= 0.3 is 0 Å². The van der Waals surface area contributed by atoms with Crippen molar-refractivity contribution in [2.75, 3.05) is 31.2 Å². The second-order valence-electron chi connectivity index (χ2n) is 6.73. The first-order valence-electron chi connectivity index (χ1n) is 9.12. The maximum absolute atomic E-state index is 12.5. The van der Waals surface area contributed by atoms with Crippen molar-refractivity contribution in [3.8, 4) is 5.75 Å². The average Bonchev–Trinajstić information content (AvgIpc) is 2.67. The van der Waals surface area contributed by atoms with E-state index in [9.17, 15) is 8.42 Å². The number of anilines is 1. The van der Waals surface area contributed by atoms with Gasteiger partial charge in [-0.05, 0) is 55.8 Å². The lowest BCUT2D eigenvalue weighted by molar-refractivity contribution is 0.122. The van der Waals surface area contributed by atoms with E-state index in [1.807, 2.05) is 38.1 Å². The second-order valence-corrected chi connectivity index (χ2v) is 8.50. The minimum atomic E-state index is -3.57. The van der Waals surface area contributed by atoms with Gasteiger partial charge in [-0.1, -0.05) is 12.1 Å². The fourth-order valence-corrected chi connectivity index (χ4v) is 3.90. The highest BCUT2D eigenvalue weighted by atomic mass is 32.2. The zero-order valence-corrected chi connectivity index (χ0v) is 16.5. The largest absolute Gasteiger partial charge is 0.491 e. The number of hydrogen-bond acceptors (Lipinski definition) is 5. The summed E-state index contributed by atoms with van der Waals surface area (Å²) in [5.74, 6) is 0.655. The van der Waals surface area contributed by atoms with Crippen molar-refractivity contribution in [1.29, 1.82) is 0 Å². The molecule has 0 atom stereocenters. The van der Waals surface area contributed by atoms with Gasteiger partial charge in [-0.25, -0.2) is 13.1 Å². The predicted molar refractivity (Wildman–Crippen MR) is 106 cm³/mol. The molecule has 0 spiro atoms. The van der Waals surface area contributed by atoms with Crippen LogP contribution in [0.15, 0.2) is 53.4 Å². The third-order valence-corrected chi connectivity index (χ3v) is 5.70. The normalized spacial score (nSPS) is 15.1. The van der Waals surface area contributed by atoms with Gasteiger partial charge in [-0.2, -0.15) is 0 Å². The molecule has 0 aromatic heterocycles. The van der Waals surface area contributed by atoms with Gasteiger partial charge in [0.1, 0.15) is 5.75 Å². The van der Waals surface area contributed by atoms with Crippen LogP contribution >= 0.6 is 0 Å². The molecule has 27 heavy (non-hydrogen) atoms. The summed E-state index contributed by atoms with van der Waals surface area (Å²) in [5.41, 5.74) is 2.04. The summed E-state index contributed by atoms with van der Waals surface area (Å²) in [4.78, 5) is 2.49. The Kier molecular flexibility index (Phi) is 6.36. The van der Waals surface area contributed by atoms with E-state index in [1.165, 1.54) is 0 Å². The van der Waals surface area contributed by atoms with Crippen LogP contribution in [0.5, 0.6) is 5.75 Å². The van der Waals surface area contributed by atoms with Gasteiger partial charge in [0.05, 0.1) is 24.2 Å². The van der Waals surface area contributed by atoms with Gasteiger partial charge in [0.2, 0.25) is 10.0 Å². The zero-order valence-electron chi connectivity index (χ0n) is 15.7. The Morgan fingerprint density at radius 1 is 1.04 bits per heavy atom. The highest BCUT2D eigenvalue weighted by Gasteiger charge is 2.15. The van der Waals surface area contributed by atoms with Gasteiger partial charge < -0.3 is 14.4 Å². The minimum absolute atomic E-state index is 0.0472. The molecular weight excluding hydrogens is 364 g/mol. The summed E-state index contributed by atoms with van der Waals surface area (Å²) < 4.78 is 38.5. The third-order valence-electron chi connectivity index (χ3n) is 4.28. The molecule has 1 N–H and O–H groups in total. The van der Waals surface area contributed by atoms with E-state index in [4.69, 9.17) is 9.47 Å². The number of ether oxygens (including phenoxy) is 2. The summed E-state index contributed by atoms with van der Waals surface area (Å²) in [7, 11) is -3.57. The molecule has 0 aliphatic carbocycles. The van der Waals surface area contributed by atoms with E-state index in [2.05, 4.69) is 9.62 Å². The quantitative estimate of drug-likeness (QED) is 0.787. The topological polar surface area (TPSA) is 67.9 Å².